The first-order valence-corrected chi connectivity index (χ1v) is 6.88. The summed E-state index contributed by atoms with van der Waals surface area (Å²) in [6.07, 6.45) is 1.31. The minimum Gasteiger partial charge on any atom is -0.355 e. The standard InChI is InChI=1S/C14H15ClN2O2/c15-7-13(19)17-9-14(6-12(18)16-8-14)5-10-3-1-2-4-11(10)17/h1-4H,5-9H2,(H,16,18). The highest BCUT2D eigenvalue weighted by atomic mass is 35.5. The number of nitrogens with zero attached hydrogens (tertiary/aromatic N) is 1. The van der Waals surface area contributed by atoms with E-state index in [9.17, 15) is 9.59 Å². The van der Waals surface area contributed by atoms with Gasteiger partial charge >= 0.3 is 0 Å². The lowest BCUT2D eigenvalue weighted by molar-refractivity contribution is -0.120. The summed E-state index contributed by atoms with van der Waals surface area (Å²) in [7, 11) is 0. The van der Waals surface area contributed by atoms with Crippen molar-refractivity contribution in [2.24, 2.45) is 5.41 Å². The number of carbonyl (C=O) groups is 2. The van der Waals surface area contributed by atoms with Crippen LogP contribution in [0.25, 0.3) is 0 Å². The lowest BCUT2D eigenvalue weighted by Gasteiger charge is -2.40. The number of benzene rings is 1. The van der Waals surface area contributed by atoms with E-state index in [0.29, 0.717) is 19.5 Å². The fourth-order valence-corrected chi connectivity index (χ4v) is 3.23. The summed E-state index contributed by atoms with van der Waals surface area (Å²) < 4.78 is 0. The largest absolute Gasteiger partial charge is 0.355 e. The van der Waals surface area contributed by atoms with Crippen LogP contribution in [0.2, 0.25) is 0 Å². The van der Waals surface area contributed by atoms with Crippen LogP contribution in [0.3, 0.4) is 0 Å². The fourth-order valence-electron chi connectivity index (χ4n) is 3.09. The van der Waals surface area contributed by atoms with Crippen molar-refractivity contribution in [1.82, 2.24) is 5.32 Å². The van der Waals surface area contributed by atoms with Crippen molar-refractivity contribution in [2.45, 2.75) is 12.8 Å². The monoisotopic (exact) mass is 278 g/mol. The van der Waals surface area contributed by atoms with Crippen molar-refractivity contribution in [2.75, 3.05) is 23.9 Å². The van der Waals surface area contributed by atoms with Crippen LogP contribution in [-0.2, 0) is 16.0 Å². The van der Waals surface area contributed by atoms with E-state index < -0.39 is 0 Å². The Balaban J connectivity index is 2.01. The van der Waals surface area contributed by atoms with Crippen LogP contribution in [-0.4, -0.2) is 30.8 Å². The Labute approximate surface area is 116 Å². The molecule has 0 saturated carbocycles. The number of amides is 2. The first kappa shape index (κ1) is 12.5. The molecule has 2 heterocycles. The maximum absolute atomic E-state index is 12.0. The Morgan fingerprint density at radius 1 is 1.37 bits per heavy atom. The summed E-state index contributed by atoms with van der Waals surface area (Å²) in [6.45, 7) is 1.19. The van der Waals surface area contributed by atoms with Crippen LogP contribution >= 0.6 is 11.6 Å². The third-order valence-electron chi connectivity index (χ3n) is 3.95. The fraction of sp³-hybridized carbons (Fsp3) is 0.429. The Kier molecular flexibility index (Phi) is 2.97. The van der Waals surface area contributed by atoms with Gasteiger partial charge in [-0.1, -0.05) is 18.2 Å². The molecule has 0 aliphatic carbocycles. The number of carbonyl (C=O) groups excluding carboxylic acids is 2. The molecule has 1 N–H and O–H groups in total. The van der Waals surface area contributed by atoms with Crippen molar-refractivity contribution in [3.63, 3.8) is 0 Å². The van der Waals surface area contributed by atoms with Crippen LogP contribution in [0.15, 0.2) is 24.3 Å². The van der Waals surface area contributed by atoms with E-state index in [0.717, 1.165) is 17.7 Å². The van der Waals surface area contributed by atoms with Gasteiger partial charge < -0.3 is 10.2 Å². The molecular weight excluding hydrogens is 264 g/mol. The number of fused-ring (bicyclic) bond motifs is 1. The number of rotatable bonds is 1. The molecule has 1 saturated heterocycles. The topological polar surface area (TPSA) is 49.4 Å². The Morgan fingerprint density at radius 3 is 2.84 bits per heavy atom. The van der Waals surface area contributed by atoms with Gasteiger partial charge in [-0.05, 0) is 18.1 Å². The summed E-state index contributed by atoms with van der Waals surface area (Å²) in [5.74, 6) is -0.0728. The average Bonchev–Trinajstić information content (AvgIpc) is 2.77. The van der Waals surface area contributed by atoms with Crippen molar-refractivity contribution in [3.05, 3.63) is 29.8 Å². The third kappa shape index (κ3) is 2.10. The number of anilines is 1. The summed E-state index contributed by atoms with van der Waals surface area (Å²) in [5, 5.41) is 2.88. The number of para-hydroxylation sites is 1. The summed E-state index contributed by atoms with van der Waals surface area (Å²) in [6, 6.07) is 7.85. The number of nitrogens with one attached hydrogen (secondary N) is 1. The number of hydrogen-bond acceptors (Lipinski definition) is 2. The van der Waals surface area contributed by atoms with Gasteiger partial charge in [-0.15, -0.1) is 11.6 Å². The van der Waals surface area contributed by atoms with Crippen LogP contribution in [0.5, 0.6) is 0 Å². The average molecular weight is 279 g/mol. The van der Waals surface area contributed by atoms with Crippen molar-refractivity contribution in [1.29, 1.82) is 0 Å². The van der Waals surface area contributed by atoms with Crippen molar-refractivity contribution >= 4 is 29.1 Å². The molecule has 2 aliphatic heterocycles. The molecular formula is C14H15ClN2O2. The molecule has 0 bridgehead atoms. The third-order valence-corrected chi connectivity index (χ3v) is 4.18. The Bertz CT molecular complexity index is 546. The lowest BCUT2D eigenvalue weighted by Crippen LogP contribution is -2.48. The summed E-state index contributed by atoms with van der Waals surface area (Å²) in [5.41, 5.74) is 1.87. The van der Waals surface area contributed by atoms with E-state index >= 15 is 0 Å². The van der Waals surface area contributed by atoms with Gasteiger partial charge in [0.2, 0.25) is 11.8 Å². The van der Waals surface area contributed by atoms with Crippen LogP contribution < -0.4 is 10.2 Å². The zero-order valence-corrected chi connectivity index (χ0v) is 11.2. The number of hydrogen-bond donors (Lipinski definition) is 1. The highest BCUT2D eigenvalue weighted by Gasteiger charge is 2.44. The smallest absolute Gasteiger partial charge is 0.241 e. The molecule has 3 rings (SSSR count). The van der Waals surface area contributed by atoms with E-state index in [4.69, 9.17) is 11.6 Å². The van der Waals surface area contributed by atoms with Gasteiger partial charge in [-0.25, -0.2) is 0 Å². The molecule has 100 valence electrons. The molecule has 1 atom stereocenters. The second-order valence-electron chi connectivity index (χ2n) is 5.37. The maximum atomic E-state index is 12.0. The highest BCUT2D eigenvalue weighted by Crippen LogP contribution is 2.40. The van der Waals surface area contributed by atoms with Gasteiger partial charge in [0, 0.05) is 30.6 Å². The van der Waals surface area contributed by atoms with Crippen molar-refractivity contribution in [3.8, 4) is 0 Å². The van der Waals surface area contributed by atoms with Crippen molar-refractivity contribution < 1.29 is 9.59 Å². The predicted octanol–water partition coefficient (Wildman–Crippen LogP) is 1.32. The van der Waals surface area contributed by atoms with Gasteiger partial charge in [-0.3, -0.25) is 9.59 Å². The van der Waals surface area contributed by atoms with E-state index in [1.165, 1.54) is 0 Å². The zero-order chi connectivity index (χ0) is 13.5. The number of halogens is 1. The first-order chi connectivity index (χ1) is 9.13. The lowest BCUT2D eigenvalue weighted by atomic mass is 9.77. The minimum absolute atomic E-state index is 0.0359. The minimum atomic E-state index is -0.173. The molecule has 1 aromatic rings. The van der Waals surface area contributed by atoms with Gasteiger partial charge in [0.15, 0.2) is 0 Å². The molecule has 1 unspecified atom stereocenters. The van der Waals surface area contributed by atoms with Crippen LogP contribution in [0.1, 0.15) is 12.0 Å². The molecule has 0 radical (unpaired) electrons. The quantitative estimate of drug-likeness (QED) is 0.788. The van der Waals surface area contributed by atoms with E-state index in [1.807, 2.05) is 24.3 Å². The second kappa shape index (κ2) is 4.53. The summed E-state index contributed by atoms with van der Waals surface area (Å²) in [4.78, 5) is 25.3. The molecule has 2 amide bonds. The molecule has 5 heteroatoms. The Hall–Kier alpha value is -1.55. The summed E-state index contributed by atoms with van der Waals surface area (Å²) >= 11 is 5.70. The Morgan fingerprint density at radius 2 is 2.16 bits per heavy atom. The van der Waals surface area contributed by atoms with E-state index in [-0.39, 0.29) is 23.1 Å². The van der Waals surface area contributed by atoms with Gasteiger partial charge in [0.25, 0.3) is 0 Å². The van der Waals surface area contributed by atoms with Crippen LogP contribution in [0.4, 0.5) is 5.69 Å². The molecule has 1 spiro atoms. The number of alkyl halides is 1. The molecule has 1 fully saturated rings. The second-order valence-corrected chi connectivity index (χ2v) is 5.64. The normalized spacial score (nSPS) is 25.3. The molecule has 0 aromatic heterocycles. The molecule has 19 heavy (non-hydrogen) atoms. The maximum Gasteiger partial charge on any atom is 0.241 e. The van der Waals surface area contributed by atoms with Gasteiger partial charge in [0.05, 0.1) is 0 Å². The molecule has 1 aromatic carbocycles. The molecule has 2 aliphatic rings. The SMILES string of the molecule is O=C1CC2(CN1)Cc1ccccc1N(C(=O)CCl)C2. The highest BCUT2D eigenvalue weighted by molar-refractivity contribution is 6.29. The van der Waals surface area contributed by atoms with Gasteiger partial charge in [-0.2, -0.15) is 0 Å². The van der Waals surface area contributed by atoms with E-state index in [2.05, 4.69) is 5.32 Å². The molecule has 4 nitrogen and oxygen atoms in total. The van der Waals surface area contributed by atoms with Crippen LogP contribution in [0, 0.1) is 5.41 Å². The zero-order valence-electron chi connectivity index (χ0n) is 10.5. The van der Waals surface area contributed by atoms with E-state index in [1.54, 1.807) is 4.90 Å². The first-order valence-electron chi connectivity index (χ1n) is 6.34. The van der Waals surface area contributed by atoms with Gasteiger partial charge in [0.1, 0.15) is 5.88 Å². The predicted molar refractivity (Wildman–Crippen MR) is 73.3 cm³/mol.